The van der Waals surface area contributed by atoms with E-state index in [4.69, 9.17) is 0 Å². The first-order valence-electron chi connectivity index (χ1n) is 4.39. The fourth-order valence-corrected chi connectivity index (χ4v) is 2.64. The third kappa shape index (κ3) is 7.41. The summed E-state index contributed by atoms with van der Waals surface area (Å²) in [7, 11) is -4.29. The maximum absolute atomic E-state index is 11.2. The van der Waals surface area contributed by atoms with Gasteiger partial charge in [0.2, 0.25) is 0 Å². The van der Waals surface area contributed by atoms with Gasteiger partial charge in [0.15, 0.2) is 0 Å². The van der Waals surface area contributed by atoms with Crippen molar-refractivity contribution in [3.63, 3.8) is 0 Å². The second kappa shape index (κ2) is 6.60. The van der Waals surface area contributed by atoms with Crippen LogP contribution in [-0.2, 0) is 32.8 Å². The second-order valence-corrected chi connectivity index (χ2v) is 6.58. The van der Waals surface area contributed by atoms with Crippen molar-refractivity contribution in [2.45, 2.75) is 0 Å². The van der Waals surface area contributed by atoms with Crippen LogP contribution < -0.4 is 0 Å². The molecule has 19 heavy (non-hydrogen) atoms. The molecule has 0 saturated heterocycles. The van der Waals surface area contributed by atoms with Gasteiger partial charge in [0.1, 0.15) is 0 Å². The smallest absolute Gasteiger partial charge is 0.339 e. The standard InChI is InChI=1S/C6H12N2O7S4/c1-7(2)5(16)13-18(9,10)15-19(11,12)14-6(17)8(3)4/h1-4H3. The number of hydrogen-bond donors (Lipinski definition) is 0. The zero-order chi connectivity index (χ0) is 15.4. The summed E-state index contributed by atoms with van der Waals surface area (Å²) in [4.78, 5) is 2.24. The Morgan fingerprint density at radius 3 is 1.26 bits per heavy atom. The van der Waals surface area contributed by atoms with Crippen molar-refractivity contribution >= 4 is 55.6 Å². The first-order chi connectivity index (χ1) is 8.36. The molecule has 0 aromatic rings. The van der Waals surface area contributed by atoms with Gasteiger partial charge in [-0.2, -0.15) is 16.8 Å². The van der Waals surface area contributed by atoms with Crippen LogP contribution in [0.25, 0.3) is 0 Å². The van der Waals surface area contributed by atoms with Gasteiger partial charge in [-0.25, -0.2) is 0 Å². The molecular formula is C6H12N2O7S4. The molecule has 0 radical (unpaired) electrons. The van der Waals surface area contributed by atoms with Gasteiger partial charge in [-0.1, -0.05) is 3.63 Å². The molecule has 0 aliphatic heterocycles. The maximum atomic E-state index is 11.2. The first kappa shape index (κ1) is 18.2. The first-order valence-corrected chi connectivity index (χ1v) is 7.87. The fourth-order valence-electron chi connectivity index (χ4n) is 0.454. The van der Waals surface area contributed by atoms with Crippen molar-refractivity contribution in [1.29, 1.82) is 0 Å². The Morgan fingerprint density at radius 2 is 1.05 bits per heavy atom. The Hall–Kier alpha value is -0.760. The molecule has 0 rings (SSSR count). The van der Waals surface area contributed by atoms with E-state index in [0.29, 0.717) is 0 Å². The lowest BCUT2D eigenvalue weighted by molar-refractivity contribution is 0.325. The van der Waals surface area contributed by atoms with Crippen molar-refractivity contribution < 1.29 is 28.8 Å². The Bertz CT molecular complexity index is 500. The predicted molar refractivity (Wildman–Crippen MR) is 73.7 cm³/mol. The van der Waals surface area contributed by atoms with Crippen LogP contribution in [0, 0.1) is 0 Å². The van der Waals surface area contributed by atoms with E-state index in [-0.39, 0.29) is 0 Å². The molecule has 0 unspecified atom stereocenters. The minimum atomic E-state index is -4.93. The molecule has 0 aliphatic carbocycles. The van der Waals surface area contributed by atoms with Gasteiger partial charge in [0.25, 0.3) is 10.3 Å². The molecule has 0 aromatic heterocycles. The summed E-state index contributed by atoms with van der Waals surface area (Å²) in [5.74, 6) is 0. The number of thiocarbonyl (C=S) groups is 2. The normalized spacial score (nSPS) is 11.6. The lowest BCUT2D eigenvalue weighted by Crippen LogP contribution is -2.30. The van der Waals surface area contributed by atoms with E-state index in [1.54, 1.807) is 0 Å². The van der Waals surface area contributed by atoms with Crippen LogP contribution in [0.15, 0.2) is 0 Å². The van der Waals surface area contributed by atoms with Crippen LogP contribution in [0.4, 0.5) is 0 Å². The molecule has 0 aliphatic rings. The number of rotatable bonds is 4. The molecule has 0 heterocycles. The Kier molecular flexibility index (Phi) is 6.34. The van der Waals surface area contributed by atoms with Gasteiger partial charge in [0, 0.05) is 28.2 Å². The summed E-state index contributed by atoms with van der Waals surface area (Å²) in [5.41, 5.74) is 0. The third-order valence-corrected chi connectivity index (χ3v) is 4.41. The van der Waals surface area contributed by atoms with Crippen LogP contribution in [0.5, 0.6) is 0 Å². The highest BCUT2D eigenvalue weighted by Gasteiger charge is 2.29. The van der Waals surface area contributed by atoms with Gasteiger partial charge in [0.05, 0.1) is 0 Å². The summed E-state index contributed by atoms with van der Waals surface area (Å²) < 4.78 is 57.0. The highest BCUT2D eigenvalue weighted by Crippen LogP contribution is 2.08. The van der Waals surface area contributed by atoms with Crippen molar-refractivity contribution in [2.24, 2.45) is 0 Å². The monoisotopic (exact) mass is 352 g/mol. The largest absolute Gasteiger partial charge is 0.468 e. The molecule has 112 valence electrons. The Balaban J connectivity index is 4.84. The molecule has 9 nitrogen and oxygen atoms in total. The van der Waals surface area contributed by atoms with Crippen molar-refractivity contribution in [2.75, 3.05) is 28.2 Å². The van der Waals surface area contributed by atoms with E-state index in [0.717, 1.165) is 9.80 Å². The van der Waals surface area contributed by atoms with Crippen molar-refractivity contribution in [3.8, 4) is 0 Å². The quantitative estimate of drug-likeness (QED) is 0.595. The average molecular weight is 352 g/mol. The highest BCUT2D eigenvalue weighted by molar-refractivity contribution is 7.96. The zero-order valence-electron chi connectivity index (χ0n) is 10.4. The molecule has 0 fully saturated rings. The third-order valence-electron chi connectivity index (χ3n) is 1.24. The van der Waals surface area contributed by atoms with Crippen LogP contribution in [0.3, 0.4) is 0 Å². The zero-order valence-corrected chi connectivity index (χ0v) is 13.7. The molecule has 13 heteroatoms. The van der Waals surface area contributed by atoms with E-state index in [1.807, 2.05) is 0 Å². The van der Waals surface area contributed by atoms with Crippen LogP contribution in [0.1, 0.15) is 0 Å². The number of nitrogens with zero attached hydrogens (tertiary/aromatic N) is 2. The second-order valence-electron chi connectivity index (χ2n) is 3.37. The molecule has 0 bridgehead atoms. The minimum Gasteiger partial charge on any atom is -0.339 e. The summed E-state index contributed by atoms with van der Waals surface area (Å²) in [6.07, 6.45) is 0. The number of hydrogen-bond acceptors (Lipinski definition) is 9. The topological polar surface area (TPSA) is 102 Å². The summed E-state index contributed by atoms with van der Waals surface area (Å²) in [6, 6.07) is 0. The van der Waals surface area contributed by atoms with E-state index in [9.17, 15) is 16.8 Å². The summed E-state index contributed by atoms with van der Waals surface area (Å²) in [6.45, 7) is 0. The van der Waals surface area contributed by atoms with E-state index < -0.39 is 31.1 Å². The average Bonchev–Trinajstić information content (AvgIpc) is 2.13. The van der Waals surface area contributed by atoms with E-state index in [2.05, 4.69) is 36.4 Å². The van der Waals surface area contributed by atoms with Gasteiger partial charge < -0.3 is 18.2 Å². The van der Waals surface area contributed by atoms with Crippen molar-refractivity contribution in [3.05, 3.63) is 0 Å². The van der Waals surface area contributed by atoms with Gasteiger partial charge in [-0.3, -0.25) is 0 Å². The molecule has 0 atom stereocenters. The lowest BCUT2D eigenvalue weighted by atomic mass is 10.9. The van der Waals surface area contributed by atoms with Crippen molar-refractivity contribution in [1.82, 2.24) is 9.80 Å². The minimum absolute atomic E-state index is 0.509. The van der Waals surface area contributed by atoms with Crippen LogP contribution >= 0.6 is 24.4 Å². The highest BCUT2D eigenvalue weighted by atomic mass is 32.3. The molecule has 0 N–H and O–H groups in total. The van der Waals surface area contributed by atoms with Gasteiger partial charge >= 0.3 is 20.8 Å². The fraction of sp³-hybridized carbons (Fsp3) is 0.667. The van der Waals surface area contributed by atoms with Crippen LogP contribution in [-0.4, -0.2) is 65.2 Å². The predicted octanol–water partition coefficient (Wildman–Crippen LogP) is -0.781. The van der Waals surface area contributed by atoms with Gasteiger partial charge in [-0.15, -0.1) is 0 Å². The Morgan fingerprint density at radius 1 is 0.789 bits per heavy atom. The van der Waals surface area contributed by atoms with Crippen LogP contribution in [0.2, 0.25) is 0 Å². The lowest BCUT2D eigenvalue weighted by Gasteiger charge is -2.15. The summed E-state index contributed by atoms with van der Waals surface area (Å²) in [5, 5.41) is -1.02. The molecule has 0 saturated carbocycles. The maximum Gasteiger partial charge on any atom is 0.468 e. The Labute approximate surface area is 122 Å². The van der Waals surface area contributed by atoms with E-state index >= 15 is 0 Å². The molecular weight excluding hydrogens is 340 g/mol. The molecule has 0 spiro atoms. The molecule has 0 aromatic carbocycles. The summed E-state index contributed by atoms with van der Waals surface area (Å²) >= 11 is 9.04. The SMILES string of the molecule is CN(C)C(=S)OS(=O)(=O)OS(=O)(=O)OC(=S)N(C)C. The molecule has 0 amide bonds. The van der Waals surface area contributed by atoms with Gasteiger partial charge in [-0.05, 0) is 24.4 Å². The van der Waals surface area contributed by atoms with E-state index in [1.165, 1.54) is 28.2 Å².